The standard InChI is InChI=1S/C15H26N2O/c1-13-5-3-4-6-15(13)17(2)9-8-16-11-14-7-10-18-12-14/h7,10,12-13,15-16H,3-6,8-9,11H2,1-2H3. The first kappa shape index (κ1) is 13.6. The van der Waals surface area contributed by atoms with Crippen molar-refractivity contribution in [1.29, 1.82) is 0 Å². The van der Waals surface area contributed by atoms with Gasteiger partial charge < -0.3 is 14.6 Å². The fourth-order valence-corrected chi connectivity index (χ4v) is 3.00. The van der Waals surface area contributed by atoms with Gasteiger partial charge in [0.05, 0.1) is 12.5 Å². The molecule has 1 aliphatic rings. The molecule has 0 bridgehead atoms. The van der Waals surface area contributed by atoms with Gasteiger partial charge in [-0.3, -0.25) is 0 Å². The highest BCUT2D eigenvalue weighted by molar-refractivity contribution is 5.04. The summed E-state index contributed by atoms with van der Waals surface area (Å²) in [4.78, 5) is 2.53. The van der Waals surface area contributed by atoms with Crippen LogP contribution in [0.5, 0.6) is 0 Å². The van der Waals surface area contributed by atoms with Crippen molar-refractivity contribution in [2.24, 2.45) is 5.92 Å². The molecule has 3 heteroatoms. The summed E-state index contributed by atoms with van der Waals surface area (Å²) in [7, 11) is 2.27. The molecular weight excluding hydrogens is 224 g/mol. The van der Waals surface area contributed by atoms with Gasteiger partial charge in [-0.2, -0.15) is 0 Å². The zero-order chi connectivity index (χ0) is 12.8. The molecule has 0 saturated heterocycles. The fraction of sp³-hybridized carbons (Fsp3) is 0.733. The molecule has 2 unspecified atom stereocenters. The number of furan rings is 1. The second-order valence-electron chi connectivity index (χ2n) is 5.62. The quantitative estimate of drug-likeness (QED) is 0.787. The molecule has 0 spiro atoms. The Balaban J connectivity index is 1.63. The van der Waals surface area contributed by atoms with Gasteiger partial charge in [0.15, 0.2) is 0 Å². The Morgan fingerprint density at radius 2 is 2.22 bits per heavy atom. The largest absolute Gasteiger partial charge is 0.472 e. The van der Waals surface area contributed by atoms with Gasteiger partial charge in [0.25, 0.3) is 0 Å². The third-order valence-electron chi connectivity index (χ3n) is 4.18. The van der Waals surface area contributed by atoms with E-state index in [0.29, 0.717) is 0 Å². The van der Waals surface area contributed by atoms with E-state index >= 15 is 0 Å². The molecule has 102 valence electrons. The van der Waals surface area contributed by atoms with Crippen molar-refractivity contribution < 1.29 is 4.42 Å². The van der Waals surface area contributed by atoms with Crippen LogP contribution in [-0.4, -0.2) is 31.1 Å². The summed E-state index contributed by atoms with van der Waals surface area (Å²) >= 11 is 0. The van der Waals surface area contributed by atoms with Gasteiger partial charge >= 0.3 is 0 Å². The van der Waals surface area contributed by atoms with Crippen LogP contribution in [0, 0.1) is 5.92 Å². The molecule has 1 aromatic rings. The van der Waals surface area contributed by atoms with Crippen LogP contribution in [0.3, 0.4) is 0 Å². The SMILES string of the molecule is CC1CCCCC1N(C)CCNCc1ccoc1. The van der Waals surface area contributed by atoms with E-state index in [9.17, 15) is 0 Å². The number of nitrogens with one attached hydrogen (secondary N) is 1. The zero-order valence-electron chi connectivity index (χ0n) is 11.7. The van der Waals surface area contributed by atoms with Crippen LogP contribution in [0.15, 0.2) is 23.0 Å². The Labute approximate surface area is 111 Å². The van der Waals surface area contributed by atoms with Crippen molar-refractivity contribution in [3.05, 3.63) is 24.2 Å². The zero-order valence-corrected chi connectivity index (χ0v) is 11.7. The topological polar surface area (TPSA) is 28.4 Å². The molecule has 1 heterocycles. The van der Waals surface area contributed by atoms with E-state index in [4.69, 9.17) is 4.42 Å². The second kappa shape index (κ2) is 6.95. The molecule has 1 aliphatic carbocycles. The van der Waals surface area contributed by atoms with Crippen LogP contribution in [0.4, 0.5) is 0 Å². The van der Waals surface area contributed by atoms with Crippen LogP contribution in [0.2, 0.25) is 0 Å². The van der Waals surface area contributed by atoms with E-state index in [1.54, 1.807) is 12.5 Å². The molecule has 0 aliphatic heterocycles. The Morgan fingerprint density at radius 1 is 1.39 bits per heavy atom. The first-order chi connectivity index (χ1) is 8.77. The van der Waals surface area contributed by atoms with Gasteiger partial charge in [-0.15, -0.1) is 0 Å². The Kier molecular flexibility index (Phi) is 5.26. The molecule has 1 N–H and O–H groups in total. The molecule has 2 rings (SSSR count). The Bertz CT molecular complexity index is 323. The minimum absolute atomic E-state index is 0.787. The van der Waals surface area contributed by atoms with Crippen LogP contribution < -0.4 is 5.32 Å². The first-order valence-electron chi connectivity index (χ1n) is 7.19. The lowest BCUT2D eigenvalue weighted by atomic mass is 9.85. The fourth-order valence-electron chi connectivity index (χ4n) is 3.00. The lowest BCUT2D eigenvalue weighted by Crippen LogP contribution is -2.42. The smallest absolute Gasteiger partial charge is 0.0947 e. The van der Waals surface area contributed by atoms with Crippen LogP contribution in [-0.2, 0) is 6.54 Å². The van der Waals surface area contributed by atoms with Crippen molar-refractivity contribution in [2.75, 3.05) is 20.1 Å². The molecule has 0 aromatic carbocycles. The van der Waals surface area contributed by atoms with E-state index in [0.717, 1.165) is 31.6 Å². The Morgan fingerprint density at radius 3 is 2.94 bits per heavy atom. The molecule has 1 aromatic heterocycles. The third-order valence-corrected chi connectivity index (χ3v) is 4.18. The van der Waals surface area contributed by atoms with Crippen LogP contribution in [0.25, 0.3) is 0 Å². The highest BCUT2D eigenvalue weighted by Gasteiger charge is 2.24. The number of rotatable bonds is 6. The second-order valence-corrected chi connectivity index (χ2v) is 5.62. The minimum Gasteiger partial charge on any atom is -0.472 e. The van der Waals surface area contributed by atoms with E-state index in [1.807, 2.05) is 6.07 Å². The maximum Gasteiger partial charge on any atom is 0.0947 e. The van der Waals surface area contributed by atoms with Gasteiger partial charge in [0.1, 0.15) is 0 Å². The van der Waals surface area contributed by atoms with E-state index < -0.39 is 0 Å². The minimum atomic E-state index is 0.787. The van der Waals surface area contributed by atoms with E-state index in [2.05, 4.69) is 24.2 Å². The van der Waals surface area contributed by atoms with Gasteiger partial charge in [-0.1, -0.05) is 19.8 Å². The molecular formula is C15H26N2O. The molecule has 1 fully saturated rings. The van der Waals surface area contributed by atoms with Gasteiger partial charge in [-0.25, -0.2) is 0 Å². The van der Waals surface area contributed by atoms with Crippen LogP contribution in [0.1, 0.15) is 38.2 Å². The molecule has 2 atom stereocenters. The van der Waals surface area contributed by atoms with Gasteiger partial charge in [0.2, 0.25) is 0 Å². The normalized spacial score (nSPS) is 24.6. The predicted molar refractivity (Wildman–Crippen MR) is 74.5 cm³/mol. The average Bonchev–Trinajstić information content (AvgIpc) is 2.88. The van der Waals surface area contributed by atoms with Crippen molar-refractivity contribution in [3.8, 4) is 0 Å². The number of likely N-dealkylation sites (N-methyl/N-ethyl adjacent to an activating group) is 1. The lowest BCUT2D eigenvalue weighted by Gasteiger charge is -2.36. The molecule has 0 amide bonds. The average molecular weight is 250 g/mol. The summed E-state index contributed by atoms with van der Waals surface area (Å²) in [5, 5.41) is 3.47. The number of hydrogen-bond donors (Lipinski definition) is 1. The predicted octanol–water partition coefficient (Wildman–Crippen LogP) is 2.88. The molecule has 0 radical (unpaired) electrons. The maximum atomic E-state index is 5.05. The van der Waals surface area contributed by atoms with Crippen molar-refractivity contribution in [2.45, 2.75) is 45.2 Å². The summed E-state index contributed by atoms with van der Waals surface area (Å²) in [6, 6.07) is 2.80. The summed E-state index contributed by atoms with van der Waals surface area (Å²) < 4.78 is 5.05. The van der Waals surface area contributed by atoms with E-state index in [1.165, 1.54) is 31.2 Å². The van der Waals surface area contributed by atoms with Crippen molar-refractivity contribution in [1.82, 2.24) is 10.2 Å². The highest BCUT2D eigenvalue weighted by atomic mass is 16.3. The summed E-state index contributed by atoms with van der Waals surface area (Å²) in [6.45, 7) is 5.49. The molecule has 1 saturated carbocycles. The molecule has 3 nitrogen and oxygen atoms in total. The van der Waals surface area contributed by atoms with Crippen molar-refractivity contribution >= 4 is 0 Å². The summed E-state index contributed by atoms with van der Waals surface area (Å²) in [5.74, 6) is 0.859. The van der Waals surface area contributed by atoms with Gasteiger partial charge in [0, 0.05) is 31.2 Å². The molecule has 18 heavy (non-hydrogen) atoms. The van der Waals surface area contributed by atoms with Crippen LogP contribution >= 0.6 is 0 Å². The monoisotopic (exact) mass is 250 g/mol. The maximum absolute atomic E-state index is 5.05. The highest BCUT2D eigenvalue weighted by Crippen LogP contribution is 2.26. The first-order valence-corrected chi connectivity index (χ1v) is 7.19. The van der Waals surface area contributed by atoms with Crippen molar-refractivity contribution in [3.63, 3.8) is 0 Å². The Hall–Kier alpha value is -0.800. The van der Waals surface area contributed by atoms with E-state index in [-0.39, 0.29) is 0 Å². The number of hydrogen-bond acceptors (Lipinski definition) is 3. The van der Waals surface area contributed by atoms with Gasteiger partial charge in [-0.05, 0) is 31.9 Å². The number of nitrogens with zero attached hydrogens (tertiary/aromatic N) is 1. The lowest BCUT2D eigenvalue weighted by molar-refractivity contribution is 0.140. The third kappa shape index (κ3) is 3.85. The summed E-state index contributed by atoms with van der Waals surface area (Å²) in [5.41, 5.74) is 1.23. The summed E-state index contributed by atoms with van der Waals surface area (Å²) in [6.07, 6.45) is 9.13.